The molecule has 0 atom stereocenters. The smallest absolute Gasteiger partial charge is 0.342 e. The van der Waals surface area contributed by atoms with Gasteiger partial charge in [0.2, 0.25) is 0 Å². The third-order valence-electron chi connectivity index (χ3n) is 5.83. The fraction of sp³-hybridized carbons (Fsp3) is 0.207. The van der Waals surface area contributed by atoms with Gasteiger partial charge in [-0.15, -0.1) is 10.2 Å². The Labute approximate surface area is 241 Å². The van der Waals surface area contributed by atoms with Crippen LogP contribution in [0.25, 0.3) is 17.5 Å². The summed E-state index contributed by atoms with van der Waals surface area (Å²) in [5.41, 5.74) is 2.22. The van der Waals surface area contributed by atoms with Crippen molar-refractivity contribution in [3.05, 3.63) is 81.7 Å². The average molecular weight is 582 g/mol. The number of carboxylic acid groups (broad SMARTS) is 1. The Morgan fingerprint density at radius 2 is 1.70 bits per heavy atom. The summed E-state index contributed by atoms with van der Waals surface area (Å²) in [7, 11) is 4.63. The first-order valence-corrected chi connectivity index (χ1v) is 13.4. The fourth-order valence-corrected chi connectivity index (χ4v) is 5.04. The number of halogens is 1. The Bertz CT molecular complexity index is 1500. The van der Waals surface area contributed by atoms with Gasteiger partial charge in [0, 0.05) is 18.2 Å². The van der Waals surface area contributed by atoms with Crippen LogP contribution in [-0.4, -0.2) is 47.2 Å². The van der Waals surface area contributed by atoms with E-state index in [1.54, 1.807) is 32.4 Å². The maximum Gasteiger partial charge on any atom is 0.342 e. The monoisotopic (exact) mass is 581 g/mol. The topological polar surface area (TPSA) is 105 Å². The zero-order valence-corrected chi connectivity index (χ0v) is 24.0. The van der Waals surface area contributed by atoms with Crippen LogP contribution in [0.5, 0.6) is 23.0 Å². The molecule has 9 nitrogen and oxygen atoms in total. The van der Waals surface area contributed by atoms with E-state index in [1.165, 1.54) is 13.2 Å². The van der Waals surface area contributed by atoms with Crippen molar-refractivity contribution in [1.29, 1.82) is 0 Å². The fourth-order valence-electron chi connectivity index (χ4n) is 3.88. The number of hydrogen-bond donors (Lipinski definition) is 1. The van der Waals surface area contributed by atoms with Gasteiger partial charge in [-0.2, -0.15) is 0 Å². The minimum Gasteiger partial charge on any atom is -0.497 e. The molecule has 208 valence electrons. The van der Waals surface area contributed by atoms with E-state index >= 15 is 0 Å². The van der Waals surface area contributed by atoms with E-state index in [1.807, 2.05) is 54.0 Å². The summed E-state index contributed by atoms with van der Waals surface area (Å²) < 4.78 is 24.0. The second-order valence-electron chi connectivity index (χ2n) is 8.38. The Morgan fingerprint density at radius 3 is 2.30 bits per heavy atom. The molecule has 3 aromatic carbocycles. The molecule has 0 aliphatic carbocycles. The molecule has 0 saturated carbocycles. The molecule has 0 aliphatic rings. The van der Waals surface area contributed by atoms with E-state index in [4.69, 9.17) is 30.5 Å². The number of carbonyl (C=O) groups is 1. The molecular weight excluding hydrogens is 554 g/mol. The summed E-state index contributed by atoms with van der Waals surface area (Å²) in [4.78, 5) is 12.3. The molecule has 40 heavy (non-hydrogen) atoms. The highest BCUT2D eigenvalue weighted by atomic mass is 35.5. The van der Waals surface area contributed by atoms with Crippen molar-refractivity contribution >= 4 is 35.4 Å². The highest BCUT2D eigenvalue weighted by Gasteiger charge is 2.20. The van der Waals surface area contributed by atoms with E-state index in [0.29, 0.717) is 57.7 Å². The number of nitrogens with zero attached hydrogens (tertiary/aromatic N) is 3. The molecule has 1 N–H and O–H groups in total. The molecule has 0 spiro atoms. The van der Waals surface area contributed by atoms with E-state index in [9.17, 15) is 9.90 Å². The molecule has 1 heterocycles. The minimum absolute atomic E-state index is 0.0212. The van der Waals surface area contributed by atoms with Gasteiger partial charge in [0.1, 0.15) is 23.0 Å². The van der Waals surface area contributed by atoms with E-state index in [2.05, 4.69) is 10.2 Å². The molecule has 11 heteroatoms. The number of hydrogen-bond acceptors (Lipinski definition) is 8. The molecule has 0 amide bonds. The number of thioether (sulfide) groups is 1. The van der Waals surface area contributed by atoms with Gasteiger partial charge < -0.3 is 28.6 Å². The molecule has 0 unspecified atom stereocenters. The quantitative estimate of drug-likeness (QED) is 0.149. The normalized spacial score (nSPS) is 11.3. The molecule has 0 saturated heterocycles. The average Bonchev–Trinajstić information content (AvgIpc) is 3.38. The van der Waals surface area contributed by atoms with Crippen molar-refractivity contribution in [3.8, 4) is 34.4 Å². The molecule has 0 aliphatic heterocycles. The van der Waals surface area contributed by atoms with Crippen molar-refractivity contribution < 1.29 is 28.8 Å². The Balaban J connectivity index is 1.64. The second-order valence-corrected chi connectivity index (χ2v) is 9.79. The summed E-state index contributed by atoms with van der Waals surface area (Å²) in [6.45, 7) is 2.73. The Morgan fingerprint density at radius 1 is 1.00 bits per heavy atom. The van der Waals surface area contributed by atoms with Crippen molar-refractivity contribution in [1.82, 2.24) is 14.8 Å². The van der Waals surface area contributed by atoms with Crippen molar-refractivity contribution in [3.63, 3.8) is 0 Å². The minimum atomic E-state index is -1.13. The number of aromatic nitrogens is 3. The van der Waals surface area contributed by atoms with Crippen LogP contribution in [0.2, 0.25) is 5.02 Å². The molecule has 0 fully saturated rings. The molecule has 0 radical (unpaired) electrons. The molecule has 1 aromatic heterocycles. The van der Waals surface area contributed by atoms with E-state index in [-0.39, 0.29) is 4.91 Å². The number of benzene rings is 3. The maximum atomic E-state index is 12.2. The van der Waals surface area contributed by atoms with Gasteiger partial charge in [-0.3, -0.25) is 0 Å². The number of ether oxygens (including phenoxy) is 4. The highest BCUT2D eigenvalue weighted by molar-refractivity contribution is 8.04. The van der Waals surface area contributed by atoms with Crippen molar-refractivity contribution in [2.24, 2.45) is 0 Å². The zero-order valence-electron chi connectivity index (χ0n) is 22.4. The van der Waals surface area contributed by atoms with Gasteiger partial charge in [-0.05, 0) is 60.2 Å². The third-order valence-corrected chi connectivity index (χ3v) is 7.11. The van der Waals surface area contributed by atoms with Gasteiger partial charge >= 0.3 is 5.97 Å². The van der Waals surface area contributed by atoms with E-state index in [0.717, 1.165) is 22.9 Å². The van der Waals surface area contributed by atoms with Crippen molar-refractivity contribution in [2.45, 2.75) is 25.2 Å². The number of aliphatic carboxylic acids is 1. The zero-order chi connectivity index (χ0) is 28.6. The van der Waals surface area contributed by atoms with Gasteiger partial charge in [-0.25, -0.2) is 4.79 Å². The molecule has 4 rings (SSSR count). The Hall–Kier alpha value is -4.15. The lowest BCUT2D eigenvalue weighted by Crippen LogP contribution is -2.03. The summed E-state index contributed by atoms with van der Waals surface area (Å²) in [6, 6.07) is 18.4. The van der Waals surface area contributed by atoms with Crippen LogP contribution in [0.4, 0.5) is 0 Å². The van der Waals surface area contributed by atoms with Crippen LogP contribution in [-0.2, 0) is 17.9 Å². The van der Waals surface area contributed by atoms with Crippen LogP contribution < -0.4 is 18.9 Å². The predicted octanol–water partition coefficient (Wildman–Crippen LogP) is 6.44. The van der Waals surface area contributed by atoms with Crippen molar-refractivity contribution in [2.75, 3.05) is 21.3 Å². The van der Waals surface area contributed by atoms with Gasteiger partial charge in [0.15, 0.2) is 22.5 Å². The summed E-state index contributed by atoms with van der Waals surface area (Å²) in [6.07, 6.45) is 1.51. The number of methoxy groups -OCH3 is 3. The van der Waals surface area contributed by atoms with Crippen LogP contribution >= 0.6 is 23.4 Å². The Kier molecular flexibility index (Phi) is 9.57. The molecule has 0 bridgehead atoms. The number of rotatable bonds is 12. The lowest BCUT2D eigenvalue weighted by atomic mass is 10.2. The molecule has 4 aromatic rings. The maximum absolute atomic E-state index is 12.2. The SMILES string of the molecule is CCn1c(S/C(=C\c2cc(Cl)c(OCc3ccccc3)c(OC)c2)C(=O)O)nnc1-c1cc(OC)cc(OC)c1. The first-order chi connectivity index (χ1) is 19.4. The summed E-state index contributed by atoms with van der Waals surface area (Å²) >= 11 is 7.52. The first-order valence-electron chi connectivity index (χ1n) is 12.2. The summed E-state index contributed by atoms with van der Waals surface area (Å²) in [5.74, 6) is 1.38. The predicted molar refractivity (Wildman–Crippen MR) is 154 cm³/mol. The number of carboxylic acids is 1. The lowest BCUT2D eigenvalue weighted by molar-refractivity contribution is -0.131. The van der Waals surface area contributed by atoms with Crippen LogP contribution in [0.15, 0.2) is 70.7 Å². The van der Waals surface area contributed by atoms with Crippen LogP contribution in [0, 0.1) is 0 Å². The van der Waals surface area contributed by atoms with Gasteiger partial charge in [0.05, 0.1) is 26.4 Å². The van der Waals surface area contributed by atoms with Crippen LogP contribution in [0.1, 0.15) is 18.1 Å². The second kappa shape index (κ2) is 13.3. The highest BCUT2D eigenvalue weighted by Crippen LogP contribution is 2.39. The first kappa shape index (κ1) is 28.8. The lowest BCUT2D eigenvalue weighted by Gasteiger charge is -2.14. The van der Waals surface area contributed by atoms with E-state index < -0.39 is 5.97 Å². The van der Waals surface area contributed by atoms with Crippen LogP contribution in [0.3, 0.4) is 0 Å². The summed E-state index contributed by atoms with van der Waals surface area (Å²) in [5, 5.41) is 19.3. The molecular formula is C29H28ClN3O6S. The third kappa shape index (κ3) is 6.70. The van der Waals surface area contributed by atoms with Gasteiger partial charge in [-0.1, -0.05) is 41.9 Å². The van der Waals surface area contributed by atoms with Gasteiger partial charge in [0.25, 0.3) is 0 Å². The standard InChI is InChI=1S/C29H28ClN3O6S/c1-5-33-27(20-14-21(36-2)16-22(15-20)37-3)31-32-29(33)40-25(28(34)35)13-19-11-23(30)26(24(12-19)38-4)39-17-18-9-7-6-8-10-18/h6-16H,5,17H2,1-4H3,(H,34,35)/b25-13-. The largest absolute Gasteiger partial charge is 0.497 e.